The number of rotatable bonds is 8. The molecular weight excluding hydrogens is 544 g/mol. The van der Waals surface area contributed by atoms with Gasteiger partial charge in [-0.2, -0.15) is 0 Å². The highest BCUT2D eigenvalue weighted by molar-refractivity contribution is 7.80. The van der Waals surface area contributed by atoms with Crippen LogP contribution in [0.15, 0.2) is 85.2 Å². The number of pyridine rings is 1. The van der Waals surface area contributed by atoms with Crippen LogP contribution in [0.25, 0.3) is 15.3 Å². The molecule has 11 heteroatoms. The summed E-state index contributed by atoms with van der Waals surface area (Å²) in [7, 11) is 3.04. The Morgan fingerprint density at radius 1 is 1.10 bits per heavy atom. The van der Waals surface area contributed by atoms with E-state index in [0.29, 0.717) is 16.5 Å². The molecule has 40 heavy (non-hydrogen) atoms. The van der Waals surface area contributed by atoms with Crippen molar-refractivity contribution in [2.75, 3.05) is 31.0 Å². The average Bonchev–Trinajstić information content (AvgIpc) is 3.70. The zero-order valence-electron chi connectivity index (χ0n) is 21.8. The van der Waals surface area contributed by atoms with Crippen LogP contribution in [0, 0.1) is 0 Å². The van der Waals surface area contributed by atoms with Crippen LogP contribution >= 0.6 is 23.6 Å². The molecule has 4 heterocycles. The third-order valence-corrected chi connectivity index (χ3v) is 8.03. The van der Waals surface area contributed by atoms with Crippen LogP contribution in [-0.4, -0.2) is 46.4 Å². The van der Waals surface area contributed by atoms with E-state index in [0.717, 1.165) is 32.4 Å². The molecule has 1 aliphatic rings. The molecule has 0 spiro atoms. The Balaban J connectivity index is 1.47. The van der Waals surface area contributed by atoms with Gasteiger partial charge in [-0.05, 0) is 66.8 Å². The fourth-order valence-corrected chi connectivity index (χ4v) is 6.28. The maximum absolute atomic E-state index is 12.4. The minimum absolute atomic E-state index is 0.0723. The lowest BCUT2D eigenvalue weighted by atomic mass is 10.0. The zero-order valence-corrected chi connectivity index (χ0v) is 23.4. The van der Waals surface area contributed by atoms with Crippen LogP contribution in [0.2, 0.25) is 0 Å². The SMILES string of the molecule is COCC(=O)Nc1cc(N2C(=S)N[C@@H](c3ccccn3)[C@H]2c2cccn2-c2nc3ccccc3s2)ccc1OC. The van der Waals surface area contributed by atoms with E-state index < -0.39 is 0 Å². The van der Waals surface area contributed by atoms with Crippen molar-refractivity contribution in [3.8, 4) is 10.9 Å². The third kappa shape index (κ3) is 4.79. The molecule has 9 nitrogen and oxygen atoms in total. The number of methoxy groups -OCH3 is 2. The first-order chi connectivity index (χ1) is 19.6. The van der Waals surface area contributed by atoms with Crippen molar-refractivity contribution in [3.05, 3.63) is 96.6 Å². The Bertz CT molecular complexity index is 1650. The lowest BCUT2D eigenvalue weighted by Crippen LogP contribution is -2.30. The number of carbonyl (C=O) groups excluding carboxylic acids is 1. The lowest BCUT2D eigenvalue weighted by Gasteiger charge is -2.29. The van der Waals surface area contributed by atoms with Crippen LogP contribution in [0.5, 0.6) is 5.75 Å². The van der Waals surface area contributed by atoms with E-state index in [1.54, 1.807) is 24.6 Å². The number of thiocarbonyl (C=S) groups is 1. The van der Waals surface area contributed by atoms with Crippen molar-refractivity contribution in [2.24, 2.45) is 0 Å². The summed E-state index contributed by atoms with van der Waals surface area (Å²) >= 11 is 7.55. The largest absolute Gasteiger partial charge is 0.495 e. The normalized spacial score (nSPS) is 16.8. The fraction of sp³-hybridized carbons (Fsp3) is 0.172. The Morgan fingerprint density at radius 2 is 1.95 bits per heavy atom. The summed E-state index contributed by atoms with van der Waals surface area (Å²) in [4.78, 5) is 24.0. The highest BCUT2D eigenvalue weighted by atomic mass is 32.1. The monoisotopic (exact) mass is 570 g/mol. The van der Waals surface area contributed by atoms with Crippen LogP contribution in [-0.2, 0) is 9.53 Å². The molecule has 202 valence electrons. The molecule has 0 radical (unpaired) electrons. The van der Waals surface area contributed by atoms with Crippen molar-refractivity contribution in [3.63, 3.8) is 0 Å². The first-order valence-corrected chi connectivity index (χ1v) is 13.8. The lowest BCUT2D eigenvalue weighted by molar-refractivity contribution is -0.119. The Hall–Kier alpha value is -4.32. The van der Waals surface area contributed by atoms with Gasteiger partial charge in [0.15, 0.2) is 10.2 Å². The summed E-state index contributed by atoms with van der Waals surface area (Å²) in [6, 6.07) is 23.1. The number of aromatic nitrogens is 3. The molecule has 1 saturated heterocycles. The van der Waals surface area contributed by atoms with Crippen molar-refractivity contribution < 1.29 is 14.3 Å². The molecule has 1 aliphatic heterocycles. The topological polar surface area (TPSA) is 93.5 Å². The number of benzene rings is 2. The molecule has 0 aliphatic carbocycles. The highest BCUT2D eigenvalue weighted by Gasteiger charge is 2.42. The van der Waals surface area contributed by atoms with Crippen molar-refractivity contribution in [1.82, 2.24) is 19.9 Å². The van der Waals surface area contributed by atoms with Gasteiger partial charge in [-0.3, -0.25) is 14.3 Å². The van der Waals surface area contributed by atoms with Crippen molar-refractivity contribution in [2.45, 2.75) is 12.1 Å². The van der Waals surface area contributed by atoms with E-state index in [2.05, 4.69) is 37.2 Å². The number of nitrogens with zero attached hydrogens (tertiary/aromatic N) is 4. The van der Waals surface area contributed by atoms with Crippen LogP contribution in [0.4, 0.5) is 11.4 Å². The summed E-state index contributed by atoms with van der Waals surface area (Å²) in [6.07, 6.45) is 3.80. The second-order valence-electron chi connectivity index (χ2n) is 9.13. The van der Waals surface area contributed by atoms with Gasteiger partial charge in [0.2, 0.25) is 5.91 Å². The predicted octanol–water partition coefficient (Wildman–Crippen LogP) is 5.25. The summed E-state index contributed by atoms with van der Waals surface area (Å²) in [5.74, 6) is 0.245. The number of hydrogen-bond acceptors (Lipinski definition) is 7. The second-order valence-corrected chi connectivity index (χ2v) is 10.5. The molecule has 0 saturated carbocycles. The van der Waals surface area contributed by atoms with Gasteiger partial charge in [0, 0.05) is 25.2 Å². The number of anilines is 2. The minimum Gasteiger partial charge on any atom is -0.495 e. The second kappa shape index (κ2) is 11.0. The molecule has 2 atom stereocenters. The molecule has 1 fully saturated rings. The van der Waals surface area contributed by atoms with E-state index >= 15 is 0 Å². The number of fused-ring (bicyclic) bond motifs is 1. The number of ether oxygens (including phenoxy) is 2. The summed E-state index contributed by atoms with van der Waals surface area (Å²) in [6.45, 7) is -0.0723. The quantitative estimate of drug-likeness (QED) is 0.244. The van der Waals surface area contributed by atoms with Gasteiger partial charge in [-0.15, -0.1) is 0 Å². The van der Waals surface area contributed by atoms with E-state index in [1.807, 2.05) is 66.9 Å². The summed E-state index contributed by atoms with van der Waals surface area (Å²) in [5.41, 5.74) is 4.10. The molecule has 1 amide bonds. The number of para-hydroxylation sites is 1. The van der Waals surface area contributed by atoms with Gasteiger partial charge in [-0.25, -0.2) is 4.98 Å². The zero-order chi connectivity index (χ0) is 27.6. The number of nitrogens with one attached hydrogen (secondary N) is 2. The van der Waals surface area contributed by atoms with Gasteiger partial charge in [-0.1, -0.05) is 29.5 Å². The molecule has 6 rings (SSSR count). The average molecular weight is 571 g/mol. The standard InChI is InChI=1S/C29H26N6O3S2/c1-37-17-25(36)31-21-16-18(12-13-23(21)38-2)35-27(26(33-28(35)39)20-9-5-6-14-30-20)22-10-7-15-34(22)29-32-19-8-3-4-11-24(19)40-29/h3-16,26-27H,17H2,1-2H3,(H,31,36)(H,33,39)/t26-,27+/m0/s1. The van der Waals surface area contributed by atoms with Gasteiger partial charge in [0.1, 0.15) is 18.4 Å². The molecular formula is C29H26N6O3S2. The van der Waals surface area contributed by atoms with E-state index in [1.165, 1.54) is 7.11 Å². The highest BCUT2D eigenvalue weighted by Crippen LogP contribution is 2.44. The Morgan fingerprint density at radius 3 is 2.73 bits per heavy atom. The fourth-order valence-electron chi connectivity index (χ4n) is 4.97. The van der Waals surface area contributed by atoms with Crippen LogP contribution in [0.3, 0.4) is 0 Å². The van der Waals surface area contributed by atoms with Gasteiger partial charge in [0.05, 0.1) is 40.4 Å². The smallest absolute Gasteiger partial charge is 0.250 e. The van der Waals surface area contributed by atoms with Crippen molar-refractivity contribution >= 4 is 56.2 Å². The van der Waals surface area contributed by atoms with E-state index in [-0.39, 0.29) is 24.6 Å². The molecule has 2 N–H and O–H groups in total. The van der Waals surface area contributed by atoms with Gasteiger partial charge >= 0.3 is 0 Å². The number of hydrogen-bond donors (Lipinski definition) is 2. The minimum atomic E-state index is -0.285. The summed E-state index contributed by atoms with van der Waals surface area (Å²) < 4.78 is 13.7. The van der Waals surface area contributed by atoms with Crippen LogP contribution in [0.1, 0.15) is 23.5 Å². The maximum Gasteiger partial charge on any atom is 0.250 e. The first kappa shape index (κ1) is 25.9. The van der Waals surface area contributed by atoms with Crippen molar-refractivity contribution in [1.29, 1.82) is 0 Å². The van der Waals surface area contributed by atoms with E-state index in [4.69, 9.17) is 26.7 Å². The van der Waals surface area contributed by atoms with Gasteiger partial charge < -0.3 is 25.0 Å². The molecule has 0 bridgehead atoms. The number of carbonyl (C=O) groups is 1. The van der Waals surface area contributed by atoms with Crippen LogP contribution < -0.4 is 20.3 Å². The molecule has 0 unspecified atom stereocenters. The summed E-state index contributed by atoms with van der Waals surface area (Å²) in [5, 5.41) is 7.78. The maximum atomic E-state index is 12.4. The number of amides is 1. The number of thiazole rings is 1. The first-order valence-electron chi connectivity index (χ1n) is 12.6. The Kier molecular flexibility index (Phi) is 7.16. The molecule has 5 aromatic rings. The molecule has 3 aromatic heterocycles. The predicted molar refractivity (Wildman–Crippen MR) is 160 cm³/mol. The Labute approximate surface area is 240 Å². The van der Waals surface area contributed by atoms with Gasteiger partial charge in [0.25, 0.3) is 0 Å². The molecule has 2 aromatic carbocycles. The van der Waals surface area contributed by atoms with E-state index in [9.17, 15) is 4.79 Å². The third-order valence-electron chi connectivity index (χ3n) is 6.68.